The summed E-state index contributed by atoms with van der Waals surface area (Å²) in [6.07, 6.45) is 0. The predicted molar refractivity (Wildman–Crippen MR) is 227 cm³/mol. The fourth-order valence-electron chi connectivity index (χ4n) is 7.85. The molecule has 0 fully saturated rings. The average molecular weight is 702 g/mol. The Kier molecular flexibility index (Phi) is 7.14. The fraction of sp³-hybridized carbons (Fsp3) is 0. The van der Waals surface area contributed by atoms with Gasteiger partial charge >= 0.3 is 0 Å². The number of furan rings is 1. The Bertz CT molecular complexity index is 3260. The molecule has 11 rings (SSSR count). The Morgan fingerprint density at radius 2 is 0.782 bits per heavy atom. The second kappa shape index (κ2) is 12.6. The third-order valence-corrected chi connectivity index (χ3v) is 10.6. The molecule has 0 aliphatic carbocycles. The summed E-state index contributed by atoms with van der Waals surface area (Å²) in [6.45, 7) is 0. The summed E-state index contributed by atoms with van der Waals surface area (Å²) in [5, 5.41) is 9.04. The SMILES string of the molecule is c1ccc(-c2ccc3ccc(-c4nc(-c5ccc6ccccc6c5)nc(-c5cc(-c6ccccc6)c6c(c5)oc5cc7ccccc7cc56)n4)cc3c2)cc1. The number of hydrogen-bond donors (Lipinski definition) is 0. The maximum Gasteiger partial charge on any atom is 0.164 e. The molecular formula is C51H31N3O. The highest BCUT2D eigenvalue weighted by molar-refractivity contribution is 6.16. The molecule has 9 aromatic carbocycles. The zero-order chi connectivity index (χ0) is 36.3. The second-order valence-corrected chi connectivity index (χ2v) is 14.1. The molecule has 0 saturated heterocycles. The summed E-state index contributed by atoms with van der Waals surface area (Å²) in [4.78, 5) is 15.6. The van der Waals surface area contributed by atoms with Crippen molar-refractivity contribution >= 4 is 54.3 Å². The van der Waals surface area contributed by atoms with E-state index in [-0.39, 0.29) is 0 Å². The standard InChI is InChI=1S/C51H31N3O/c1-3-11-32(12-4-1)39-22-19-34-21-24-41(27-42(34)26-39)50-52-49(40-23-20-33-13-7-8-16-36(33)25-40)53-51(54-50)43-29-44(35-14-5-2-6-15-35)48-45-28-37-17-9-10-18-38(37)30-46(45)55-47(48)31-43/h1-31H. The van der Waals surface area contributed by atoms with Gasteiger partial charge in [-0.25, -0.2) is 15.0 Å². The second-order valence-electron chi connectivity index (χ2n) is 14.1. The molecule has 0 unspecified atom stereocenters. The third-order valence-electron chi connectivity index (χ3n) is 10.6. The van der Waals surface area contributed by atoms with Gasteiger partial charge in [-0.05, 0) is 97.0 Å². The van der Waals surface area contributed by atoms with E-state index >= 15 is 0 Å². The van der Waals surface area contributed by atoms with Crippen molar-refractivity contribution in [1.82, 2.24) is 15.0 Å². The van der Waals surface area contributed by atoms with Crippen LogP contribution >= 0.6 is 0 Å². The van der Waals surface area contributed by atoms with Crippen LogP contribution in [0.4, 0.5) is 0 Å². The molecule has 4 heteroatoms. The van der Waals surface area contributed by atoms with Crippen molar-refractivity contribution in [2.75, 3.05) is 0 Å². The molecule has 2 heterocycles. The summed E-state index contributed by atoms with van der Waals surface area (Å²) in [5.41, 5.74) is 8.84. The van der Waals surface area contributed by atoms with Crippen LogP contribution in [0.3, 0.4) is 0 Å². The Morgan fingerprint density at radius 3 is 1.45 bits per heavy atom. The molecule has 0 spiro atoms. The number of nitrogens with zero attached hydrogens (tertiary/aromatic N) is 3. The van der Waals surface area contributed by atoms with Gasteiger partial charge in [-0.1, -0.05) is 146 Å². The van der Waals surface area contributed by atoms with E-state index in [2.05, 4.69) is 176 Å². The minimum atomic E-state index is 0.580. The Hall–Kier alpha value is -7.43. The lowest BCUT2D eigenvalue weighted by molar-refractivity contribution is 0.669. The minimum absolute atomic E-state index is 0.580. The molecule has 4 nitrogen and oxygen atoms in total. The molecule has 0 N–H and O–H groups in total. The van der Waals surface area contributed by atoms with Crippen LogP contribution in [0.15, 0.2) is 192 Å². The van der Waals surface area contributed by atoms with Crippen LogP contribution in [0.1, 0.15) is 0 Å². The highest BCUT2D eigenvalue weighted by Gasteiger charge is 2.19. The van der Waals surface area contributed by atoms with Gasteiger partial charge in [0.15, 0.2) is 17.5 Å². The number of fused-ring (bicyclic) bond motifs is 6. The zero-order valence-corrected chi connectivity index (χ0v) is 29.6. The lowest BCUT2D eigenvalue weighted by atomic mass is 9.96. The van der Waals surface area contributed by atoms with E-state index in [1.165, 1.54) is 21.9 Å². The van der Waals surface area contributed by atoms with Gasteiger partial charge < -0.3 is 4.42 Å². The van der Waals surface area contributed by atoms with Crippen molar-refractivity contribution < 1.29 is 4.42 Å². The normalized spacial score (nSPS) is 11.6. The minimum Gasteiger partial charge on any atom is -0.456 e. The van der Waals surface area contributed by atoms with E-state index in [4.69, 9.17) is 19.4 Å². The van der Waals surface area contributed by atoms with Crippen molar-refractivity contribution in [2.24, 2.45) is 0 Å². The topological polar surface area (TPSA) is 51.8 Å². The van der Waals surface area contributed by atoms with Crippen LogP contribution in [0, 0.1) is 0 Å². The van der Waals surface area contributed by atoms with E-state index < -0.39 is 0 Å². The first-order chi connectivity index (χ1) is 27.2. The molecule has 0 bridgehead atoms. The summed E-state index contributed by atoms with van der Waals surface area (Å²) >= 11 is 0. The van der Waals surface area contributed by atoms with Gasteiger partial charge in [-0.3, -0.25) is 0 Å². The summed E-state index contributed by atoms with van der Waals surface area (Å²) in [5.74, 6) is 1.80. The van der Waals surface area contributed by atoms with Crippen LogP contribution in [0.5, 0.6) is 0 Å². The van der Waals surface area contributed by atoms with Crippen LogP contribution < -0.4 is 0 Å². The largest absolute Gasteiger partial charge is 0.456 e. The number of hydrogen-bond acceptors (Lipinski definition) is 4. The van der Waals surface area contributed by atoms with Gasteiger partial charge in [0.1, 0.15) is 11.2 Å². The number of rotatable bonds is 5. The molecule has 0 saturated carbocycles. The zero-order valence-electron chi connectivity index (χ0n) is 29.6. The highest BCUT2D eigenvalue weighted by Crippen LogP contribution is 2.41. The van der Waals surface area contributed by atoms with E-state index in [1.807, 2.05) is 12.1 Å². The van der Waals surface area contributed by atoms with Crippen molar-refractivity contribution in [3.8, 4) is 56.4 Å². The summed E-state index contributed by atoms with van der Waals surface area (Å²) < 4.78 is 6.69. The Morgan fingerprint density at radius 1 is 0.291 bits per heavy atom. The maximum absolute atomic E-state index is 6.69. The Labute approximate surface area is 317 Å². The smallest absolute Gasteiger partial charge is 0.164 e. The monoisotopic (exact) mass is 701 g/mol. The van der Waals surface area contributed by atoms with E-state index in [0.29, 0.717) is 17.5 Å². The first kappa shape index (κ1) is 31.1. The molecule has 2 aromatic heterocycles. The van der Waals surface area contributed by atoms with Crippen molar-refractivity contribution in [3.05, 3.63) is 188 Å². The van der Waals surface area contributed by atoms with Crippen LogP contribution in [-0.2, 0) is 0 Å². The van der Waals surface area contributed by atoms with E-state index in [0.717, 1.165) is 71.3 Å². The summed E-state index contributed by atoms with van der Waals surface area (Å²) in [6, 6.07) is 65.9. The highest BCUT2D eigenvalue weighted by atomic mass is 16.3. The van der Waals surface area contributed by atoms with Crippen LogP contribution in [0.2, 0.25) is 0 Å². The van der Waals surface area contributed by atoms with Gasteiger partial charge in [0.05, 0.1) is 0 Å². The van der Waals surface area contributed by atoms with Gasteiger partial charge in [0, 0.05) is 27.5 Å². The van der Waals surface area contributed by atoms with Gasteiger partial charge in [0.25, 0.3) is 0 Å². The fourth-order valence-corrected chi connectivity index (χ4v) is 7.85. The van der Waals surface area contributed by atoms with Gasteiger partial charge in [0.2, 0.25) is 0 Å². The lowest BCUT2D eigenvalue weighted by Crippen LogP contribution is -2.00. The van der Waals surface area contributed by atoms with Crippen LogP contribution in [-0.4, -0.2) is 15.0 Å². The molecule has 11 aromatic rings. The third kappa shape index (κ3) is 5.51. The number of aromatic nitrogens is 3. The molecule has 0 atom stereocenters. The summed E-state index contributed by atoms with van der Waals surface area (Å²) in [7, 11) is 0. The number of benzene rings is 9. The molecule has 0 aliphatic heterocycles. The molecule has 0 radical (unpaired) electrons. The first-order valence-electron chi connectivity index (χ1n) is 18.5. The Balaban J connectivity index is 1.14. The average Bonchev–Trinajstić information content (AvgIpc) is 3.62. The van der Waals surface area contributed by atoms with Gasteiger partial charge in [-0.2, -0.15) is 0 Å². The predicted octanol–water partition coefficient (Wildman–Crippen LogP) is 13.6. The lowest BCUT2D eigenvalue weighted by Gasteiger charge is -2.12. The van der Waals surface area contributed by atoms with Gasteiger partial charge in [-0.15, -0.1) is 0 Å². The van der Waals surface area contributed by atoms with Crippen LogP contribution in [0.25, 0.3) is 111 Å². The van der Waals surface area contributed by atoms with Crippen molar-refractivity contribution in [1.29, 1.82) is 0 Å². The van der Waals surface area contributed by atoms with E-state index in [1.54, 1.807) is 0 Å². The molecule has 256 valence electrons. The molecular weight excluding hydrogens is 671 g/mol. The van der Waals surface area contributed by atoms with E-state index in [9.17, 15) is 0 Å². The van der Waals surface area contributed by atoms with Crippen molar-refractivity contribution in [3.63, 3.8) is 0 Å². The quantitative estimate of drug-likeness (QED) is 0.179. The first-order valence-corrected chi connectivity index (χ1v) is 18.5. The molecule has 0 amide bonds. The molecule has 0 aliphatic rings. The van der Waals surface area contributed by atoms with Crippen molar-refractivity contribution in [2.45, 2.75) is 0 Å². The molecule has 55 heavy (non-hydrogen) atoms. The maximum atomic E-state index is 6.69.